The van der Waals surface area contributed by atoms with Crippen LogP contribution in [-0.2, 0) is 61.7 Å². The van der Waals surface area contributed by atoms with Crippen molar-refractivity contribution in [3.8, 4) is 22.8 Å². The topological polar surface area (TPSA) is 159 Å². The fourth-order valence-electron chi connectivity index (χ4n) is 8.60. The molecule has 0 saturated carbocycles. The zero-order valence-corrected chi connectivity index (χ0v) is 43.9. The van der Waals surface area contributed by atoms with Gasteiger partial charge in [-0.1, -0.05) is 41.4 Å². The maximum atomic E-state index is 15.4. The second kappa shape index (κ2) is 25.1. The Morgan fingerprint density at radius 2 is 1.45 bits per heavy atom. The number of imidazole rings is 1. The van der Waals surface area contributed by atoms with Crippen LogP contribution in [0.5, 0.6) is 11.5 Å². The van der Waals surface area contributed by atoms with Gasteiger partial charge in [-0.3, -0.25) is 24.0 Å². The quantitative estimate of drug-likeness (QED) is 0.0910. The summed E-state index contributed by atoms with van der Waals surface area (Å²) in [5.41, 5.74) is 1.65. The van der Waals surface area contributed by atoms with Crippen LogP contribution < -0.4 is 15.4 Å². The highest BCUT2D eigenvalue weighted by Gasteiger charge is 2.37. The number of carbonyl (C=O) groups excluding carboxylic acids is 5. The van der Waals surface area contributed by atoms with E-state index in [1.165, 1.54) is 45.2 Å². The van der Waals surface area contributed by atoms with E-state index in [2.05, 4.69) is 15.6 Å². The molecule has 1 aromatic heterocycles. The fraction of sp³-hybridized carbons (Fsp3) is 0.396. The second-order valence-electron chi connectivity index (χ2n) is 18.7. The average Bonchev–Trinajstić information content (AvgIpc) is 3.72. The van der Waals surface area contributed by atoms with E-state index >= 15 is 13.6 Å². The van der Waals surface area contributed by atoms with Gasteiger partial charge in [0, 0.05) is 92.5 Å². The molecule has 5 aromatic rings. The van der Waals surface area contributed by atoms with Gasteiger partial charge in [-0.15, -0.1) is 0 Å². The average molecular weight is 1070 g/mol. The Hall–Kier alpha value is -6.54. The second-order valence-corrected chi connectivity index (χ2v) is 19.6. The molecular weight excluding hydrogens is 1010 g/mol. The SMILES string of the molecule is COC[C@@H]1NC(=O)[C@H](C)N(Cc2ccc(Cl)cc2Oc2ccc(-c3cnc(CN(C)C)n3C)cc2)C(=O)C[C@@H](Cc2c(F)c(F)cc(F)c2F)C(=O)N(C)[C@@H](C)CNC(=O)C[C@H](Cc2ccc(Cl)cc2)N(C)C1=O. The summed E-state index contributed by atoms with van der Waals surface area (Å²) < 4.78 is 73.9. The molecule has 0 unspecified atom stereocenters. The molecule has 396 valence electrons. The Labute approximate surface area is 437 Å². The molecule has 2 heterocycles. The van der Waals surface area contributed by atoms with E-state index in [9.17, 15) is 28.0 Å². The van der Waals surface area contributed by atoms with E-state index in [1.54, 1.807) is 55.6 Å². The van der Waals surface area contributed by atoms with Crippen molar-refractivity contribution in [3.05, 3.63) is 135 Å². The Bertz CT molecular complexity index is 2810. The van der Waals surface area contributed by atoms with Crippen LogP contribution in [0.4, 0.5) is 17.6 Å². The van der Waals surface area contributed by atoms with E-state index in [4.69, 9.17) is 32.7 Å². The van der Waals surface area contributed by atoms with Crippen molar-refractivity contribution in [3.63, 3.8) is 0 Å². The number of hydrogen-bond donors (Lipinski definition) is 2. The summed E-state index contributed by atoms with van der Waals surface area (Å²) in [5.74, 6) is -11.0. The minimum Gasteiger partial charge on any atom is -0.457 e. The first-order valence-corrected chi connectivity index (χ1v) is 24.5. The van der Waals surface area contributed by atoms with E-state index in [1.807, 2.05) is 42.7 Å². The van der Waals surface area contributed by atoms with E-state index in [0.717, 1.165) is 32.4 Å². The third-order valence-corrected chi connectivity index (χ3v) is 13.6. The fourth-order valence-corrected chi connectivity index (χ4v) is 8.89. The number of nitrogens with one attached hydrogen (secondary N) is 2. The Morgan fingerprint density at radius 1 is 0.797 bits per heavy atom. The van der Waals surface area contributed by atoms with Gasteiger partial charge in [0.15, 0.2) is 23.3 Å². The largest absolute Gasteiger partial charge is 0.457 e. The number of amides is 5. The molecule has 5 amide bonds. The molecule has 0 bridgehead atoms. The van der Waals surface area contributed by atoms with Crippen LogP contribution in [0.1, 0.15) is 49.2 Å². The molecule has 2 N–H and O–H groups in total. The summed E-state index contributed by atoms with van der Waals surface area (Å²) in [6.45, 7) is 2.69. The summed E-state index contributed by atoms with van der Waals surface area (Å²) in [7, 11) is 9.97. The highest BCUT2D eigenvalue weighted by Crippen LogP contribution is 2.33. The summed E-state index contributed by atoms with van der Waals surface area (Å²) in [6, 6.07) is 14.2. The standard InChI is InChI=1S/C53H60Cl2F4N8O7/c1-30-25-61-47(68)23-38(19-32-9-14-36(54)15-10-32)65(6)53(72)43(29-73-8)62-51(70)31(2)67(48(69)21-35(52(71)64(30)5)20-40-49(58)41(56)24-42(57)50(40)59)27-34-11-16-37(55)22-45(34)74-39-17-12-33(13-18-39)44-26-60-46(66(44)7)28-63(3)4/h9-18,22,24,26,30-31,35,38,43H,19-21,23,25,27-29H2,1-8H3,(H,61,68)(H,62,70)/t30-,31-,35+,38-,43-/m0/s1. The number of likely N-dealkylation sites (N-methyl/N-ethyl adjacent to an activating group) is 2. The number of nitrogens with zero attached hydrogens (tertiary/aromatic N) is 6. The predicted octanol–water partition coefficient (Wildman–Crippen LogP) is 7.34. The van der Waals surface area contributed by atoms with Gasteiger partial charge in [0.1, 0.15) is 29.4 Å². The molecule has 4 aromatic carbocycles. The van der Waals surface area contributed by atoms with Crippen molar-refractivity contribution >= 4 is 52.7 Å². The highest BCUT2D eigenvalue weighted by molar-refractivity contribution is 6.31. The van der Waals surface area contributed by atoms with Gasteiger partial charge in [-0.05, 0) is 94.9 Å². The lowest BCUT2D eigenvalue weighted by Crippen LogP contribution is -2.57. The molecule has 1 fully saturated rings. The van der Waals surface area contributed by atoms with E-state index in [-0.39, 0.29) is 42.8 Å². The van der Waals surface area contributed by atoms with Crippen molar-refractivity contribution in [1.82, 2.24) is 39.8 Å². The first-order chi connectivity index (χ1) is 35.1. The molecular formula is C53H60Cl2F4N8O7. The van der Waals surface area contributed by atoms with Crippen LogP contribution in [0.25, 0.3) is 11.3 Å². The molecule has 0 aliphatic carbocycles. The lowest BCUT2D eigenvalue weighted by molar-refractivity contribution is -0.147. The monoisotopic (exact) mass is 1070 g/mol. The molecule has 74 heavy (non-hydrogen) atoms. The van der Waals surface area contributed by atoms with Gasteiger partial charge >= 0.3 is 0 Å². The molecule has 1 saturated heterocycles. The van der Waals surface area contributed by atoms with Crippen LogP contribution in [0, 0.1) is 29.2 Å². The Kier molecular flexibility index (Phi) is 19.3. The van der Waals surface area contributed by atoms with Gasteiger partial charge in [0.05, 0.1) is 37.5 Å². The van der Waals surface area contributed by atoms with Crippen LogP contribution in [0.2, 0.25) is 10.0 Å². The molecule has 0 radical (unpaired) electrons. The molecule has 15 nitrogen and oxygen atoms in total. The lowest BCUT2D eigenvalue weighted by Gasteiger charge is -2.35. The molecule has 5 atom stereocenters. The number of carbonyl (C=O) groups is 5. The minimum atomic E-state index is -1.76. The predicted molar refractivity (Wildman–Crippen MR) is 271 cm³/mol. The Morgan fingerprint density at radius 3 is 2.08 bits per heavy atom. The van der Waals surface area contributed by atoms with Crippen LogP contribution in [0.15, 0.2) is 79.0 Å². The molecule has 1 aliphatic heterocycles. The number of rotatable bonds is 13. The maximum absolute atomic E-state index is 15.4. The van der Waals surface area contributed by atoms with E-state index < -0.39 is 108 Å². The molecule has 1 aliphatic rings. The van der Waals surface area contributed by atoms with Gasteiger partial charge in [-0.25, -0.2) is 22.5 Å². The highest BCUT2D eigenvalue weighted by atomic mass is 35.5. The van der Waals surface area contributed by atoms with Crippen LogP contribution in [-0.4, -0.2) is 131 Å². The Balaban J connectivity index is 1.41. The van der Waals surface area contributed by atoms with Gasteiger partial charge < -0.3 is 44.3 Å². The first-order valence-electron chi connectivity index (χ1n) is 23.7. The van der Waals surface area contributed by atoms with E-state index in [0.29, 0.717) is 22.9 Å². The number of aromatic nitrogens is 2. The van der Waals surface area contributed by atoms with Crippen molar-refractivity contribution in [1.29, 1.82) is 0 Å². The van der Waals surface area contributed by atoms with Crippen LogP contribution >= 0.6 is 23.2 Å². The zero-order valence-electron chi connectivity index (χ0n) is 42.4. The minimum absolute atomic E-state index is 0.0339. The lowest BCUT2D eigenvalue weighted by atomic mass is 9.92. The van der Waals surface area contributed by atoms with Crippen molar-refractivity contribution in [2.45, 2.75) is 76.8 Å². The molecule has 0 spiro atoms. The molecule has 6 rings (SSSR count). The summed E-state index contributed by atoms with van der Waals surface area (Å²) in [5, 5.41) is 6.21. The van der Waals surface area contributed by atoms with Crippen molar-refractivity contribution in [2.24, 2.45) is 13.0 Å². The number of ether oxygens (including phenoxy) is 2. The summed E-state index contributed by atoms with van der Waals surface area (Å²) in [6.07, 6.45) is -0.109. The zero-order chi connectivity index (χ0) is 54.1. The molecule has 21 heteroatoms. The summed E-state index contributed by atoms with van der Waals surface area (Å²) >= 11 is 12.7. The van der Waals surface area contributed by atoms with Gasteiger partial charge in [0.25, 0.3) is 0 Å². The number of methoxy groups -OCH3 is 1. The third-order valence-electron chi connectivity index (χ3n) is 13.1. The normalized spacial score (nSPS) is 19.9. The third kappa shape index (κ3) is 14.0. The maximum Gasteiger partial charge on any atom is 0.247 e. The van der Waals surface area contributed by atoms with Crippen LogP contribution in [0.3, 0.4) is 0 Å². The van der Waals surface area contributed by atoms with Gasteiger partial charge in [0.2, 0.25) is 29.5 Å². The number of halogens is 6. The first kappa shape index (κ1) is 56.8. The number of benzene rings is 4. The van der Waals surface area contributed by atoms with Crippen molar-refractivity contribution in [2.75, 3.05) is 48.5 Å². The summed E-state index contributed by atoms with van der Waals surface area (Å²) in [4.78, 5) is 82.4. The smallest absolute Gasteiger partial charge is 0.247 e. The van der Waals surface area contributed by atoms with Gasteiger partial charge in [-0.2, -0.15) is 0 Å². The number of hydrogen-bond acceptors (Lipinski definition) is 9. The van der Waals surface area contributed by atoms with Crippen molar-refractivity contribution < 1.29 is 51.0 Å².